The molecule has 1 heterocycles. The fourth-order valence-electron chi connectivity index (χ4n) is 3.10. The molecule has 0 aliphatic rings. The molecule has 0 bridgehead atoms. The van der Waals surface area contributed by atoms with Crippen molar-refractivity contribution in [3.63, 3.8) is 0 Å². The quantitative estimate of drug-likeness (QED) is 0.604. The van der Waals surface area contributed by atoms with E-state index in [1.165, 1.54) is 7.11 Å². The topological polar surface area (TPSA) is 89.4 Å². The van der Waals surface area contributed by atoms with Gasteiger partial charge in [0.25, 0.3) is 0 Å². The van der Waals surface area contributed by atoms with Gasteiger partial charge >= 0.3 is 5.97 Å². The van der Waals surface area contributed by atoms with Gasteiger partial charge in [-0.15, -0.1) is 0 Å². The van der Waals surface area contributed by atoms with E-state index in [9.17, 15) is 14.4 Å². The summed E-state index contributed by atoms with van der Waals surface area (Å²) >= 11 is 0. The molecule has 150 valence electrons. The van der Waals surface area contributed by atoms with Crippen molar-refractivity contribution in [2.75, 3.05) is 19.0 Å². The number of aryl methyl sites for hydroxylation is 1. The Hall–Kier alpha value is -3.61. The Bertz CT molecular complexity index is 1040. The van der Waals surface area contributed by atoms with Gasteiger partial charge in [-0.3, -0.25) is 14.4 Å². The third kappa shape index (κ3) is 5.22. The molecule has 7 heteroatoms. The Kier molecular flexibility index (Phi) is 6.29. The maximum absolute atomic E-state index is 12.5. The second-order valence-electron chi connectivity index (χ2n) is 6.71. The minimum absolute atomic E-state index is 0.127. The predicted molar refractivity (Wildman–Crippen MR) is 110 cm³/mol. The lowest BCUT2D eigenvalue weighted by Crippen LogP contribution is -2.31. The first-order valence-electron chi connectivity index (χ1n) is 9.23. The number of carbonyl (C=O) groups is 3. The van der Waals surface area contributed by atoms with Gasteiger partial charge in [0.2, 0.25) is 11.8 Å². The van der Waals surface area contributed by atoms with Crippen molar-refractivity contribution in [3.05, 3.63) is 65.9 Å². The average molecular weight is 393 g/mol. The number of para-hydroxylation sites is 1. The number of anilines is 1. The first kappa shape index (κ1) is 20.1. The maximum atomic E-state index is 12.5. The summed E-state index contributed by atoms with van der Waals surface area (Å²) in [6.45, 7) is 2.04. The molecule has 0 fully saturated rings. The number of hydrogen-bond donors (Lipinski definition) is 2. The van der Waals surface area contributed by atoms with Crippen molar-refractivity contribution in [2.24, 2.45) is 0 Å². The summed E-state index contributed by atoms with van der Waals surface area (Å²) in [6.07, 6.45) is 0.139. The molecule has 7 nitrogen and oxygen atoms in total. The monoisotopic (exact) mass is 393 g/mol. The van der Waals surface area contributed by atoms with Crippen LogP contribution in [0, 0.1) is 6.92 Å². The normalized spacial score (nSPS) is 10.6. The van der Waals surface area contributed by atoms with Crippen LogP contribution in [0.5, 0.6) is 0 Å². The maximum Gasteiger partial charge on any atom is 0.325 e. The zero-order valence-electron chi connectivity index (χ0n) is 16.4. The highest BCUT2D eigenvalue weighted by molar-refractivity contribution is 5.92. The lowest BCUT2D eigenvalue weighted by Gasteiger charge is -2.10. The van der Waals surface area contributed by atoms with Crippen LogP contribution in [0.1, 0.15) is 11.3 Å². The van der Waals surface area contributed by atoms with E-state index < -0.39 is 5.97 Å². The van der Waals surface area contributed by atoms with Crippen LogP contribution < -0.4 is 10.6 Å². The van der Waals surface area contributed by atoms with E-state index >= 15 is 0 Å². The Balaban J connectivity index is 1.56. The van der Waals surface area contributed by atoms with Gasteiger partial charge in [-0.25, -0.2) is 0 Å². The summed E-state index contributed by atoms with van der Waals surface area (Å²) in [5, 5.41) is 6.47. The smallest absolute Gasteiger partial charge is 0.325 e. The van der Waals surface area contributed by atoms with Crippen LogP contribution in [0.15, 0.2) is 54.6 Å². The SMILES string of the molecule is COC(=O)CNC(=O)Cc1ccc(NC(=O)Cn2c(C)cc3ccccc32)cc1. The average Bonchev–Trinajstić information content (AvgIpc) is 3.03. The molecule has 2 N–H and O–H groups in total. The summed E-state index contributed by atoms with van der Waals surface area (Å²) in [5.74, 6) is -0.901. The largest absolute Gasteiger partial charge is 0.468 e. The summed E-state index contributed by atoms with van der Waals surface area (Å²) in [5.41, 5.74) is 3.48. The van der Waals surface area contributed by atoms with E-state index in [2.05, 4.69) is 21.4 Å². The minimum atomic E-state index is -0.498. The van der Waals surface area contributed by atoms with Crippen molar-refractivity contribution < 1.29 is 19.1 Å². The predicted octanol–water partition coefficient (Wildman–Crippen LogP) is 2.42. The lowest BCUT2D eigenvalue weighted by atomic mass is 10.1. The number of benzene rings is 2. The lowest BCUT2D eigenvalue weighted by molar-refractivity contribution is -0.141. The van der Waals surface area contributed by atoms with Crippen molar-refractivity contribution in [3.8, 4) is 0 Å². The molecule has 0 saturated heterocycles. The van der Waals surface area contributed by atoms with Crippen LogP contribution in [0.4, 0.5) is 5.69 Å². The molecule has 3 rings (SSSR count). The summed E-state index contributed by atoms with van der Waals surface area (Å²) in [4.78, 5) is 35.3. The number of esters is 1. The number of methoxy groups -OCH3 is 1. The molecule has 2 amide bonds. The first-order valence-corrected chi connectivity index (χ1v) is 9.23. The third-order valence-corrected chi connectivity index (χ3v) is 4.58. The van der Waals surface area contributed by atoms with Crippen LogP contribution >= 0.6 is 0 Å². The molecule has 0 radical (unpaired) electrons. The number of hydrogen-bond acceptors (Lipinski definition) is 4. The highest BCUT2D eigenvalue weighted by Gasteiger charge is 2.10. The molecule has 0 saturated carbocycles. The molecular weight excluding hydrogens is 370 g/mol. The van der Waals surface area contributed by atoms with Gasteiger partial charge in [-0.2, -0.15) is 0 Å². The van der Waals surface area contributed by atoms with Gasteiger partial charge in [-0.05, 0) is 42.1 Å². The zero-order chi connectivity index (χ0) is 20.8. The molecule has 2 aromatic carbocycles. The molecule has 0 unspecified atom stereocenters. The first-order chi connectivity index (χ1) is 14.0. The molecule has 0 aliphatic carbocycles. The van der Waals surface area contributed by atoms with Crippen LogP contribution in [0.3, 0.4) is 0 Å². The number of ether oxygens (including phenoxy) is 1. The van der Waals surface area contributed by atoms with Gasteiger partial charge < -0.3 is 19.9 Å². The van der Waals surface area contributed by atoms with E-state index in [0.717, 1.165) is 22.2 Å². The van der Waals surface area contributed by atoms with Gasteiger partial charge in [0.15, 0.2) is 0 Å². The van der Waals surface area contributed by atoms with Crippen LogP contribution in [-0.2, 0) is 32.1 Å². The van der Waals surface area contributed by atoms with Gasteiger partial charge in [0, 0.05) is 16.9 Å². The second kappa shape index (κ2) is 9.05. The molecule has 3 aromatic rings. The number of amides is 2. The number of rotatable bonds is 7. The van der Waals surface area contributed by atoms with Crippen LogP contribution in [0.25, 0.3) is 10.9 Å². The van der Waals surface area contributed by atoms with E-state index in [1.807, 2.05) is 35.8 Å². The summed E-state index contributed by atoms with van der Waals surface area (Å²) in [7, 11) is 1.27. The van der Waals surface area contributed by atoms with E-state index in [0.29, 0.717) is 5.69 Å². The number of aromatic nitrogens is 1. The fourth-order valence-corrected chi connectivity index (χ4v) is 3.10. The molecule has 1 aromatic heterocycles. The molecule has 0 aliphatic heterocycles. The molecular formula is C22H23N3O4. The molecule has 0 spiro atoms. The summed E-state index contributed by atoms with van der Waals surface area (Å²) < 4.78 is 6.45. The van der Waals surface area contributed by atoms with Crippen LogP contribution in [0.2, 0.25) is 0 Å². The van der Waals surface area contributed by atoms with Gasteiger partial charge in [0.1, 0.15) is 13.1 Å². The number of nitrogens with one attached hydrogen (secondary N) is 2. The summed E-state index contributed by atoms with van der Waals surface area (Å²) in [6, 6.07) is 17.0. The number of nitrogens with zero attached hydrogens (tertiary/aromatic N) is 1. The van der Waals surface area contributed by atoms with E-state index in [1.54, 1.807) is 24.3 Å². The zero-order valence-corrected chi connectivity index (χ0v) is 16.4. The van der Waals surface area contributed by atoms with Crippen molar-refractivity contribution in [2.45, 2.75) is 19.9 Å². The highest BCUT2D eigenvalue weighted by Crippen LogP contribution is 2.19. The van der Waals surface area contributed by atoms with Crippen LogP contribution in [-0.4, -0.2) is 36.0 Å². The number of fused-ring (bicyclic) bond motifs is 1. The fraction of sp³-hybridized carbons (Fsp3) is 0.227. The van der Waals surface area contributed by atoms with Crippen molar-refractivity contribution in [1.82, 2.24) is 9.88 Å². The third-order valence-electron chi connectivity index (χ3n) is 4.58. The Morgan fingerprint density at radius 3 is 2.45 bits per heavy atom. The van der Waals surface area contributed by atoms with Gasteiger partial charge in [0.05, 0.1) is 13.5 Å². The van der Waals surface area contributed by atoms with Crippen molar-refractivity contribution >= 4 is 34.4 Å². The van der Waals surface area contributed by atoms with E-state index in [-0.39, 0.29) is 31.3 Å². The second-order valence-corrected chi connectivity index (χ2v) is 6.71. The number of carbonyl (C=O) groups excluding carboxylic acids is 3. The van der Waals surface area contributed by atoms with E-state index in [4.69, 9.17) is 0 Å². The molecule has 0 atom stereocenters. The minimum Gasteiger partial charge on any atom is -0.468 e. The Morgan fingerprint density at radius 1 is 1.00 bits per heavy atom. The highest BCUT2D eigenvalue weighted by atomic mass is 16.5. The Labute approximate surface area is 168 Å². The van der Waals surface area contributed by atoms with Crippen molar-refractivity contribution in [1.29, 1.82) is 0 Å². The van der Waals surface area contributed by atoms with Gasteiger partial charge in [-0.1, -0.05) is 30.3 Å². The molecule has 29 heavy (non-hydrogen) atoms. The Morgan fingerprint density at radius 2 is 1.72 bits per heavy atom. The standard InChI is InChI=1S/C22H23N3O4/c1-15-11-17-5-3-4-6-19(17)25(15)14-21(27)24-18-9-7-16(8-10-18)12-20(26)23-13-22(28)29-2/h3-11H,12-14H2,1-2H3,(H,23,26)(H,24,27).